The van der Waals surface area contributed by atoms with Crippen molar-refractivity contribution in [3.63, 3.8) is 0 Å². The number of piperidine rings is 1. The maximum atomic E-state index is 11.9. The van der Waals surface area contributed by atoms with Gasteiger partial charge in [0.2, 0.25) is 0 Å². The molecule has 3 rings (SSSR count). The van der Waals surface area contributed by atoms with Crippen molar-refractivity contribution >= 4 is 18.5 Å². The summed E-state index contributed by atoms with van der Waals surface area (Å²) in [7, 11) is 1.41. The van der Waals surface area contributed by atoms with Crippen molar-refractivity contribution in [3.05, 3.63) is 71.8 Å². The normalized spacial score (nSPS) is 14.9. The fourth-order valence-electron chi connectivity index (χ4n) is 3.92. The Balaban J connectivity index is 0.00000261. The largest absolute Gasteiger partial charge is 0.453 e. The molecule has 5 heteroatoms. The molecule has 2 aromatic rings. The van der Waals surface area contributed by atoms with Crippen LogP contribution < -0.4 is 5.32 Å². The summed E-state index contributed by atoms with van der Waals surface area (Å²) in [5, 5.41) is 2.97. The lowest BCUT2D eigenvalue weighted by Crippen LogP contribution is -2.50. The van der Waals surface area contributed by atoms with Crippen molar-refractivity contribution in [1.29, 1.82) is 0 Å². The number of nitrogens with zero attached hydrogens (tertiary/aromatic N) is 1. The molecule has 2 aromatic carbocycles. The van der Waals surface area contributed by atoms with Crippen molar-refractivity contribution in [2.75, 3.05) is 33.3 Å². The van der Waals surface area contributed by atoms with Crippen molar-refractivity contribution < 1.29 is 9.53 Å². The molecule has 0 saturated carbocycles. The van der Waals surface area contributed by atoms with Crippen LogP contribution in [0.15, 0.2) is 60.7 Å². The summed E-state index contributed by atoms with van der Waals surface area (Å²) in [4.78, 5) is 14.4. The minimum Gasteiger partial charge on any atom is -0.453 e. The molecule has 1 aliphatic rings. The van der Waals surface area contributed by atoms with Crippen LogP contribution >= 0.6 is 12.4 Å². The second kappa shape index (κ2) is 10.3. The minimum atomic E-state index is -0.389. The maximum Gasteiger partial charge on any atom is 0.406 e. The number of hydrogen-bond acceptors (Lipinski definition) is 3. The second-order valence-corrected chi connectivity index (χ2v) is 7.00. The van der Waals surface area contributed by atoms with E-state index in [1.165, 1.54) is 37.5 Å². The second-order valence-electron chi connectivity index (χ2n) is 7.00. The summed E-state index contributed by atoms with van der Waals surface area (Å²) < 4.78 is 4.84. The third kappa shape index (κ3) is 5.24. The molecule has 0 bridgehead atoms. The zero-order valence-electron chi connectivity index (χ0n) is 15.9. The molecule has 1 fully saturated rings. The van der Waals surface area contributed by atoms with Crippen LogP contribution in [0.25, 0.3) is 0 Å². The number of benzene rings is 2. The van der Waals surface area contributed by atoms with Gasteiger partial charge >= 0.3 is 6.09 Å². The Kier molecular flexibility index (Phi) is 8.14. The van der Waals surface area contributed by atoms with E-state index in [9.17, 15) is 4.79 Å². The number of hydrogen-bond donors (Lipinski definition) is 1. The minimum absolute atomic E-state index is 0. The first-order valence-electron chi connectivity index (χ1n) is 9.40. The Hall–Kier alpha value is -2.04. The number of amides is 1. The summed E-state index contributed by atoms with van der Waals surface area (Å²) in [6.07, 6.45) is 3.40. The number of methoxy groups -OCH3 is 1. The van der Waals surface area contributed by atoms with Crippen LogP contribution in [0.5, 0.6) is 0 Å². The molecule has 0 atom stereocenters. The van der Waals surface area contributed by atoms with Crippen LogP contribution in [0.4, 0.5) is 4.79 Å². The number of carbonyl (C=O) groups is 1. The molecule has 0 radical (unpaired) electrons. The number of ether oxygens (including phenoxy) is 1. The third-order valence-electron chi connectivity index (χ3n) is 5.31. The van der Waals surface area contributed by atoms with E-state index in [4.69, 9.17) is 4.74 Å². The molecule has 0 aromatic heterocycles. The zero-order chi connectivity index (χ0) is 18.2. The van der Waals surface area contributed by atoms with Crippen LogP contribution in [0, 0.1) is 0 Å². The van der Waals surface area contributed by atoms with E-state index in [2.05, 4.69) is 58.7 Å². The average Bonchev–Trinajstić information content (AvgIpc) is 2.73. The lowest BCUT2D eigenvalue weighted by atomic mass is 9.73. The Morgan fingerprint density at radius 2 is 1.48 bits per heavy atom. The Bertz CT molecular complexity index is 648. The molecule has 1 aliphatic heterocycles. The summed E-state index contributed by atoms with van der Waals surface area (Å²) in [6, 6.07) is 21.0. The van der Waals surface area contributed by atoms with Crippen molar-refractivity contribution in [2.24, 2.45) is 0 Å². The Morgan fingerprint density at radius 3 is 1.96 bits per heavy atom. The average molecular weight is 389 g/mol. The molecule has 1 amide bonds. The van der Waals surface area contributed by atoms with E-state index in [1.807, 2.05) is 12.1 Å². The number of halogens is 1. The van der Waals surface area contributed by atoms with Gasteiger partial charge in [-0.05, 0) is 37.1 Å². The van der Waals surface area contributed by atoms with Crippen LogP contribution in [0.3, 0.4) is 0 Å². The fourth-order valence-corrected chi connectivity index (χ4v) is 3.92. The SMILES string of the molecule is COC(=O)NCC(CN1CCCCC1)(c1ccccc1)c1ccccc1.Cl. The first-order valence-corrected chi connectivity index (χ1v) is 9.40. The van der Waals surface area contributed by atoms with Crippen LogP contribution in [-0.4, -0.2) is 44.3 Å². The van der Waals surface area contributed by atoms with Crippen LogP contribution in [0.1, 0.15) is 30.4 Å². The molecule has 146 valence electrons. The summed E-state index contributed by atoms with van der Waals surface area (Å²) in [5.74, 6) is 0. The van der Waals surface area contributed by atoms with Gasteiger partial charge < -0.3 is 15.0 Å². The lowest BCUT2D eigenvalue weighted by Gasteiger charge is -2.41. The van der Waals surface area contributed by atoms with Gasteiger partial charge in [-0.15, -0.1) is 12.4 Å². The van der Waals surface area contributed by atoms with E-state index >= 15 is 0 Å². The van der Waals surface area contributed by atoms with E-state index in [0.29, 0.717) is 6.54 Å². The number of rotatable bonds is 6. The molecule has 1 N–H and O–H groups in total. The van der Waals surface area contributed by atoms with Crippen molar-refractivity contribution in [1.82, 2.24) is 10.2 Å². The van der Waals surface area contributed by atoms with E-state index in [1.54, 1.807) is 0 Å². The van der Waals surface area contributed by atoms with Gasteiger partial charge in [-0.2, -0.15) is 0 Å². The van der Waals surface area contributed by atoms with Gasteiger partial charge in [-0.25, -0.2) is 4.79 Å². The first-order chi connectivity index (χ1) is 12.7. The number of likely N-dealkylation sites (tertiary alicyclic amines) is 1. The molecule has 0 aliphatic carbocycles. The van der Waals surface area contributed by atoms with Crippen molar-refractivity contribution in [2.45, 2.75) is 24.7 Å². The molecule has 1 saturated heterocycles. The zero-order valence-corrected chi connectivity index (χ0v) is 16.7. The predicted molar refractivity (Wildman–Crippen MR) is 112 cm³/mol. The molecule has 0 unspecified atom stereocenters. The van der Waals surface area contributed by atoms with Gasteiger partial charge in [-0.1, -0.05) is 67.1 Å². The van der Waals surface area contributed by atoms with Gasteiger partial charge in [0, 0.05) is 13.1 Å². The number of alkyl carbamates (subject to hydrolysis) is 1. The molecule has 0 spiro atoms. The first kappa shape index (κ1) is 21.3. The monoisotopic (exact) mass is 388 g/mol. The highest BCUT2D eigenvalue weighted by Gasteiger charge is 2.37. The van der Waals surface area contributed by atoms with Gasteiger partial charge in [0.15, 0.2) is 0 Å². The quantitative estimate of drug-likeness (QED) is 0.804. The van der Waals surface area contributed by atoms with Gasteiger partial charge in [0.05, 0.1) is 12.5 Å². The van der Waals surface area contributed by atoms with Crippen LogP contribution in [0.2, 0.25) is 0 Å². The van der Waals surface area contributed by atoms with Gasteiger partial charge in [0.25, 0.3) is 0 Å². The standard InChI is InChI=1S/C22H28N2O2.ClH/c1-26-21(25)23-17-22(19-11-5-2-6-12-19,20-13-7-3-8-14-20)18-24-15-9-4-10-16-24;/h2-3,5-8,11-14H,4,9-10,15-18H2,1H3,(H,23,25);1H. The van der Waals surface area contributed by atoms with E-state index in [-0.39, 0.29) is 23.9 Å². The Labute approximate surface area is 168 Å². The summed E-state index contributed by atoms with van der Waals surface area (Å²) >= 11 is 0. The number of nitrogens with one attached hydrogen (secondary N) is 1. The highest BCUT2D eigenvalue weighted by molar-refractivity contribution is 5.85. The molecular formula is C22H29ClN2O2. The topological polar surface area (TPSA) is 41.6 Å². The highest BCUT2D eigenvalue weighted by atomic mass is 35.5. The third-order valence-corrected chi connectivity index (χ3v) is 5.31. The summed E-state index contributed by atoms with van der Waals surface area (Å²) in [5.41, 5.74) is 2.12. The van der Waals surface area contributed by atoms with Crippen molar-refractivity contribution in [3.8, 4) is 0 Å². The fraction of sp³-hybridized carbons (Fsp3) is 0.409. The lowest BCUT2D eigenvalue weighted by molar-refractivity contribution is 0.160. The molecule has 1 heterocycles. The predicted octanol–water partition coefficient (Wildman–Crippen LogP) is 4.24. The Morgan fingerprint density at radius 1 is 0.963 bits per heavy atom. The molecular weight excluding hydrogens is 360 g/mol. The van der Waals surface area contributed by atoms with Gasteiger partial charge in [-0.3, -0.25) is 0 Å². The molecule has 27 heavy (non-hydrogen) atoms. The smallest absolute Gasteiger partial charge is 0.406 e. The van der Waals surface area contributed by atoms with E-state index in [0.717, 1.165) is 19.6 Å². The number of carbonyl (C=O) groups excluding carboxylic acids is 1. The summed E-state index contributed by atoms with van der Waals surface area (Å²) in [6.45, 7) is 3.61. The van der Waals surface area contributed by atoms with E-state index < -0.39 is 0 Å². The highest BCUT2D eigenvalue weighted by Crippen LogP contribution is 2.34. The van der Waals surface area contributed by atoms with Crippen LogP contribution in [-0.2, 0) is 10.2 Å². The molecule has 4 nitrogen and oxygen atoms in total. The maximum absolute atomic E-state index is 11.9. The van der Waals surface area contributed by atoms with Gasteiger partial charge in [0.1, 0.15) is 0 Å².